The maximum atomic E-state index is 11.2. The first-order valence-electron chi connectivity index (χ1n) is 4.38. The summed E-state index contributed by atoms with van der Waals surface area (Å²) in [6, 6.07) is -0.912. The molecule has 0 amide bonds. The van der Waals surface area contributed by atoms with Gasteiger partial charge in [0.2, 0.25) is 5.78 Å². The number of Topliss-reactive ketones (excluding diaryl/α,β-unsaturated/α-hetero) is 1. The van der Waals surface area contributed by atoms with Gasteiger partial charge in [-0.25, -0.2) is 0 Å². The molecule has 2 radical (unpaired) electrons. The van der Waals surface area contributed by atoms with Crippen LogP contribution >= 0.6 is 0 Å². The molecule has 0 aromatic carbocycles. The van der Waals surface area contributed by atoms with Crippen molar-refractivity contribution in [2.75, 3.05) is 0 Å². The molecule has 0 heterocycles. The standard InChI is InChI=1S/C8H13NO3.Ca/c10-8-6-4-2-1-3-5-7(8)9(11)12;/h7H,1-6H2;. The zero-order valence-corrected chi connectivity index (χ0v) is 9.91. The number of carbonyl (C=O) groups excluding carboxylic acids is 1. The predicted molar refractivity (Wildman–Crippen MR) is 49.2 cm³/mol. The molecule has 0 saturated heterocycles. The molecule has 0 bridgehead atoms. The van der Waals surface area contributed by atoms with E-state index in [1.165, 1.54) is 0 Å². The fourth-order valence-corrected chi connectivity index (χ4v) is 1.54. The first-order chi connectivity index (χ1) is 5.72. The Morgan fingerprint density at radius 2 is 1.85 bits per heavy atom. The van der Waals surface area contributed by atoms with Crippen LogP contribution in [0.4, 0.5) is 0 Å². The minimum Gasteiger partial charge on any atom is -0.292 e. The van der Waals surface area contributed by atoms with Gasteiger partial charge in [-0.1, -0.05) is 12.8 Å². The van der Waals surface area contributed by atoms with E-state index < -0.39 is 11.0 Å². The molecule has 1 unspecified atom stereocenters. The van der Waals surface area contributed by atoms with Crippen LogP contribution in [0.3, 0.4) is 0 Å². The van der Waals surface area contributed by atoms with Crippen molar-refractivity contribution in [2.24, 2.45) is 0 Å². The fraction of sp³-hybridized carbons (Fsp3) is 0.875. The van der Waals surface area contributed by atoms with Gasteiger partial charge in [0.05, 0.1) is 0 Å². The molecule has 1 atom stereocenters. The quantitative estimate of drug-likeness (QED) is 0.371. The molecule has 70 valence electrons. The largest absolute Gasteiger partial charge is 0.292 e. The zero-order valence-electron chi connectivity index (χ0n) is 7.70. The molecule has 5 heteroatoms. The molecule has 0 aliphatic heterocycles. The summed E-state index contributed by atoms with van der Waals surface area (Å²) in [6.45, 7) is 0. The number of nitro groups is 1. The molecular formula is C8H13CaNO3. The van der Waals surface area contributed by atoms with Crippen LogP contribution in [0.2, 0.25) is 0 Å². The van der Waals surface area contributed by atoms with E-state index >= 15 is 0 Å². The summed E-state index contributed by atoms with van der Waals surface area (Å²) in [4.78, 5) is 21.1. The Bertz CT molecular complexity index is 196. The molecule has 1 rings (SSSR count). The van der Waals surface area contributed by atoms with Crippen molar-refractivity contribution in [3.63, 3.8) is 0 Å². The van der Waals surface area contributed by atoms with Crippen molar-refractivity contribution < 1.29 is 9.72 Å². The van der Waals surface area contributed by atoms with Gasteiger partial charge in [0, 0.05) is 55.5 Å². The summed E-state index contributed by atoms with van der Waals surface area (Å²) >= 11 is 0. The molecule has 0 aromatic heterocycles. The van der Waals surface area contributed by atoms with E-state index in [2.05, 4.69) is 0 Å². The Morgan fingerprint density at radius 1 is 1.23 bits per heavy atom. The number of ketones is 1. The number of nitrogens with zero attached hydrogens (tertiary/aromatic N) is 1. The molecule has 1 aliphatic carbocycles. The number of carbonyl (C=O) groups is 1. The second-order valence-electron chi connectivity index (χ2n) is 3.22. The van der Waals surface area contributed by atoms with Gasteiger partial charge in [-0.3, -0.25) is 14.9 Å². The third kappa shape index (κ3) is 4.38. The first kappa shape index (κ1) is 13.3. The van der Waals surface area contributed by atoms with Crippen LogP contribution in [0.25, 0.3) is 0 Å². The van der Waals surface area contributed by atoms with Crippen LogP contribution in [0.5, 0.6) is 0 Å². The van der Waals surface area contributed by atoms with E-state index in [1.54, 1.807) is 0 Å². The molecule has 1 saturated carbocycles. The van der Waals surface area contributed by atoms with Gasteiger partial charge in [0.15, 0.2) is 0 Å². The normalized spacial score (nSPS) is 24.0. The van der Waals surface area contributed by atoms with Crippen molar-refractivity contribution in [1.29, 1.82) is 0 Å². The Hall–Kier alpha value is 0.330. The molecule has 0 N–H and O–H groups in total. The topological polar surface area (TPSA) is 60.2 Å². The molecule has 1 fully saturated rings. The average molecular weight is 211 g/mol. The molecule has 0 aromatic rings. The van der Waals surface area contributed by atoms with Crippen LogP contribution in [0.1, 0.15) is 38.5 Å². The van der Waals surface area contributed by atoms with E-state index in [1.807, 2.05) is 0 Å². The van der Waals surface area contributed by atoms with E-state index in [-0.39, 0.29) is 43.5 Å². The van der Waals surface area contributed by atoms with Crippen LogP contribution < -0.4 is 0 Å². The summed E-state index contributed by atoms with van der Waals surface area (Å²) < 4.78 is 0. The van der Waals surface area contributed by atoms with E-state index in [9.17, 15) is 14.9 Å². The second kappa shape index (κ2) is 6.73. The van der Waals surface area contributed by atoms with Crippen molar-refractivity contribution in [3.8, 4) is 0 Å². The molecule has 1 aliphatic rings. The average Bonchev–Trinajstić information content (AvgIpc) is 1.96. The summed E-state index contributed by atoms with van der Waals surface area (Å²) in [6.07, 6.45) is 4.53. The van der Waals surface area contributed by atoms with Gasteiger partial charge in [-0.2, -0.15) is 0 Å². The van der Waals surface area contributed by atoms with Crippen LogP contribution in [0.15, 0.2) is 0 Å². The smallest absolute Gasteiger partial charge is 0.270 e. The van der Waals surface area contributed by atoms with Gasteiger partial charge in [-0.15, -0.1) is 0 Å². The van der Waals surface area contributed by atoms with Crippen molar-refractivity contribution >= 4 is 43.5 Å². The van der Waals surface area contributed by atoms with Gasteiger partial charge in [0.25, 0.3) is 6.04 Å². The van der Waals surface area contributed by atoms with Crippen LogP contribution in [-0.2, 0) is 4.79 Å². The van der Waals surface area contributed by atoms with Gasteiger partial charge >= 0.3 is 0 Å². The Morgan fingerprint density at radius 3 is 2.46 bits per heavy atom. The van der Waals surface area contributed by atoms with E-state index in [0.29, 0.717) is 12.8 Å². The van der Waals surface area contributed by atoms with Gasteiger partial charge in [-0.05, 0) is 12.8 Å². The van der Waals surface area contributed by atoms with Gasteiger partial charge < -0.3 is 0 Å². The Balaban J connectivity index is 0.00000144. The van der Waals surface area contributed by atoms with Crippen LogP contribution in [0, 0.1) is 10.1 Å². The monoisotopic (exact) mass is 211 g/mol. The number of rotatable bonds is 1. The SMILES string of the molecule is O=C1CCCCCCC1[N+](=O)[O-].[Ca]. The Kier molecular flexibility index (Phi) is 6.91. The predicted octanol–water partition coefficient (Wildman–Crippen LogP) is 1.17. The zero-order chi connectivity index (χ0) is 8.97. The summed E-state index contributed by atoms with van der Waals surface area (Å²) in [5, 5.41) is 10.4. The molecule has 4 nitrogen and oxygen atoms in total. The van der Waals surface area contributed by atoms with Crippen molar-refractivity contribution in [1.82, 2.24) is 0 Å². The van der Waals surface area contributed by atoms with Crippen molar-refractivity contribution in [3.05, 3.63) is 10.1 Å². The maximum absolute atomic E-state index is 11.2. The minimum absolute atomic E-state index is 0. The van der Waals surface area contributed by atoms with E-state index in [0.717, 1.165) is 25.7 Å². The first-order valence-corrected chi connectivity index (χ1v) is 4.38. The number of hydrogen-bond donors (Lipinski definition) is 0. The molecular weight excluding hydrogens is 198 g/mol. The minimum atomic E-state index is -0.912. The summed E-state index contributed by atoms with van der Waals surface area (Å²) in [5.74, 6) is -0.181. The maximum Gasteiger partial charge on any atom is 0.270 e. The van der Waals surface area contributed by atoms with E-state index in [4.69, 9.17) is 0 Å². The fourth-order valence-electron chi connectivity index (χ4n) is 1.54. The third-order valence-electron chi connectivity index (χ3n) is 2.28. The number of hydrogen-bond acceptors (Lipinski definition) is 3. The van der Waals surface area contributed by atoms with Gasteiger partial charge in [0.1, 0.15) is 0 Å². The summed E-state index contributed by atoms with van der Waals surface area (Å²) in [5.41, 5.74) is 0. The van der Waals surface area contributed by atoms with Crippen molar-refractivity contribution in [2.45, 2.75) is 44.6 Å². The van der Waals surface area contributed by atoms with Crippen LogP contribution in [-0.4, -0.2) is 54.5 Å². The molecule has 0 spiro atoms. The Labute approximate surface area is 107 Å². The molecule has 13 heavy (non-hydrogen) atoms. The summed E-state index contributed by atoms with van der Waals surface area (Å²) in [7, 11) is 0. The third-order valence-corrected chi connectivity index (χ3v) is 2.28. The second-order valence-corrected chi connectivity index (χ2v) is 3.22.